The maximum absolute atomic E-state index is 13.3. The molecule has 1 amide bonds. The highest BCUT2D eigenvalue weighted by atomic mass is 32.2. The van der Waals surface area contributed by atoms with E-state index in [4.69, 9.17) is 9.26 Å². The van der Waals surface area contributed by atoms with Gasteiger partial charge in [-0.2, -0.15) is 4.31 Å². The molecule has 4 rings (SSSR count). The first kappa shape index (κ1) is 21.7. The Bertz CT molecular complexity index is 889. The quantitative estimate of drug-likeness (QED) is 0.624. The summed E-state index contributed by atoms with van der Waals surface area (Å²) in [6.45, 7) is 7.34. The molecular weight excluding hydrogens is 410 g/mol. The van der Waals surface area contributed by atoms with Crippen molar-refractivity contribution in [1.29, 1.82) is 0 Å². The number of sulfonamides is 1. The van der Waals surface area contributed by atoms with Gasteiger partial charge in [0.15, 0.2) is 5.76 Å². The van der Waals surface area contributed by atoms with Crippen LogP contribution in [0.3, 0.4) is 0 Å². The lowest BCUT2D eigenvalue weighted by molar-refractivity contribution is -0.134. The Morgan fingerprint density at radius 3 is 2.50 bits per heavy atom. The molecule has 0 unspecified atom stereocenters. The molecule has 11 heteroatoms. The average molecular weight is 442 g/mol. The number of likely N-dealkylation sites (N-methyl/N-ethyl adjacent to an activating group) is 1. The van der Waals surface area contributed by atoms with Gasteiger partial charge in [-0.3, -0.25) is 9.69 Å². The number of carbonyl (C=O) groups is 1. The molecule has 0 aliphatic carbocycles. The van der Waals surface area contributed by atoms with E-state index >= 15 is 0 Å². The first-order valence-electron chi connectivity index (χ1n) is 10.4. The van der Waals surface area contributed by atoms with Gasteiger partial charge in [0, 0.05) is 46.4 Å². The maximum Gasteiger partial charge on any atom is 0.248 e. The number of aromatic nitrogens is 1. The molecule has 1 aromatic heterocycles. The van der Waals surface area contributed by atoms with Crippen molar-refractivity contribution in [3.63, 3.8) is 0 Å². The number of nitrogens with zero attached hydrogens (tertiary/aromatic N) is 5. The van der Waals surface area contributed by atoms with Crippen molar-refractivity contribution in [3.8, 4) is 0 Å². The molecule has 0 saturated carbocycles. The summed E-state index contributed by atoms with van der Waals surface area (Å²) in [5, 5.41) is 3.80. The molecule has 3 saturated heterocycles. The molecule has 1 aromatic rings. The summed E-state index contributed by atoms with van der Waals surface area (Å²) in [6, 6.07) is -0.175. The first-order chi connectivity index (χ1) is 14.2. The third-order valence-corrected chi connectivity index (χ3v) is 8.92. The van der Waals surface area contributed by atoms with E-state index in [1.54, 1.807) is 21.0 Å². The van der Waals surface area contributed by atoms with Crippen molar-refractivity contribution in [2.24, 2.45) is 0 Å². The maximum atomic E-state index is 13.3. The van der Waals surface area contributed by atoms with Crippen LogP contribution in [0.15, 0.2) is 9.42 Å². The summed E-state index contributed by atoms with van der Waals surface area (Å²) in [5.74, 6) is 0.435. The lowest BCUT2D eigenvalue weighted by Crippen LogP contribution is -2.63. The van der Waals surface area contributed by atoms with Crippen LogP contribution in [0.1, 0.15) is 24.3 Å². The number of rotatable bonds is 5. The van der Waals surface area contributed by atoms with Gasteiger partial charge in [0.1, 0.15) is 16.6 Å². The van der Waals surface area contributed by atoms with Crippen LogP contribution in [0.2, 0.25) is 0 Å². The fourth-order valence-electron chi connectivity index (χ4n) is 5.28. The third kappa shape index (κ3) is 3.27. The number of fused-ring (bicyclic) bond motifs is 2. The molecule has 3 fully saturated rings. The van der Waals surface area contributed by atoms with Gasteiger partial charge in [-0.15, -0.1) is 0 Å². The zero-order chi connectivity index (χ0) is 21.7. The average Bonchev–Trinajstić information content (AvgIpc) is 3.16. The molecule has 3 aliphatic heterocycles. The van der Waals surface area contributed by atoms with Crippen LogP contribution in [0, 0.1) is 13.8 Å². The fraction of sp³-hybridized carbons (Fsp3) is 0.789. The van der Waals surface area contributed by atoms with Crippen molar-refractivity contribution in [3.05, 3.63) is 11.5 Å². The highest BCUT2D eigenvalue weighted by Gasteiger charge is 2.58. The first-order valence-corrected chi connectivity index (χ1v) is 11.8. The summed E-state index contributed by atoms with van der Waals surface area (Å²) >= 11 is 0. The second-order valence-electron chi connectivity index (χ2n) is 8.49. The molecule has 10 nitrogen and oxygen atoms in total. The van der Waals surface area contributed by atoms with Gasteiger partial charge in [0.05, 0.1) is 12.3 Å². The van der Waals surface area contributed by atoms with Gasteiger partial charge in [0.2, 0.25) is 15.9 Å². The van der Waals surface area contributed by atoms with Crippen LogP contribution in [0.4, 0.5) is 0 Å². The molecule has 0 aromatic carbocycles. The molecule has 0 bridgehead atoms. The van der Waals surface area contributed by atoms with E-state index in [-0.39, 0.29) is 16.8 Å². The number of piperidine rings is 1. The number of methoxy groups -OCH3 is 1. The van der Waals surface area contributed by atoms with Crippen LogP contribution in [-0.4, -0.2) is 110 Å². The molecule has 0 N–H and O–H groups in total. The van der Waals surface area contributed by atoms with Crippen LogP contribution in [0.5, 0.6) is 0 Å². The van der Waals surface area contributed by atoms with Crippen molar-refractivity contribution in [2.45, 2.75) is 43.3 Å². The van der Waals surface area contributed by atoms with Crippen LogP contribution in [0.25, 0.3) is 0 Å². The zero-order valence-corrected chi connectivity index (χ0v) is 18.9. The van der Waals surface area contributed by atoms with Crippen molar-refractivity contribution < 1.29 is 22.5 Å². The van der Waals surface area contributed by atoms with E-state index in [0.717, 1.165) is 13.1 Å². The second-order valence-corrected chi connectivity index (χ2v) is 10.4. The van der Waals surface area contributed by atoms with E-state index in [0.29, 0.717) is 57.1 Å². The van der Waals surface area contributed by atoms with E-state index in [1.807, 2.05) is 11.9 Å². The highest BCUT2D eigenvalue weighted by Crippen LogP contribution is 2.42. The molecular formula is C19H31N5O5S. The summed E-state index contributed by atoms with van der Waals surface area (Å²) in [7, 11) is -0.0224. The largest absolute Gasteiger partial charge is 0.383 e. The van der Waals surface area contributed by atoms with E-state index in [2.05, 4.69) is 15.0 Å². The number of hydrogen-bond donors (Lipinski definition) is 0. The summed E-state index contributed by atoms with van der Waals surface area (Å²) in [6.07, 6.45) is 1.15. The van der Waals surface area contributed by atoms with E-state index in [1.165, 1.54) is 4.31 Å². The molecule has 30 heavy (non-hydrogen) atoms. The van der Waals surface area contributed by atoms with Crippen LogP contribution in [-0.2, 0) is 19.6 Å². The Kier molecular flexibility index (Phi) is 5.69. The summed E-state index contributed by atoms with van der Waals surface area (Å²) in [4.78, 5) is 19.9. The van der Waals surface area contributed by atoms with Gasteiger partial charge >= 0.3 is 0 Å². The predicted molar refractivity (Wildman–Crippen MR) is 108 cm³/mol. The normalized spacial score (nSPS) is 25.9. The lowest BCUT2D eigenvalue weighted by atomic mass is 9.94. The molecule has 4 heterocycles. The lowest BCUT2D eigenvalue weighted by Gasteiger charge is -2.50. The summed E-state index contributed by atoms with van der Waals surface area (Å²) < 4.78 is 38.3. The Labute approximate surface area is 177 Å². The van der Waals surface area contributed by atoms with Gasteiger partial charge in [-0.1, -0.05) is 5.16 Å². The summed E-state index contributed by atoms with van der Waals surface area (Å²) in [5.41, 5.74) is -0.0728. The molecule has 1 spiro atoms. The monoisotopic (exact) mass is 441 g/mol. The Balaban J connectivity index is 1.60. The number of carbonyl (C=O) groups excluding carboxylic acids is 1. The van der Waals surface area contributed by atoms with E-state index < -0.39 is 15.7 Å². The number of hydrogen-bond acceptors (Lipinski definition) is 8. The molecule has 0 radical (unpaired) electrons. The molecule has 3 aliphatic rings. The third-order valence-electron chi connectivity index (χ3n) is 6.78. The molecule has 1 atom stereocenters. The van der Waals surface area contributed by atoms with Gasteiger partial charge in [-0.25, -0.2) is 8.42 Å². The van der Waals surface area contributed by atoms with Crippen molar-refractivity contribution in [2.75, 3.05) is 60.0 Å². The number of amides is 1. The van der Waals surface area contributed by atoms with Crippen LogP contribution >= 0.6 is 0 Å². The standard InChI is InChI=1S/C19H31N5O5S/c1-14-17(15(2)29-20-14)30(26,27)22-7-5-19(6-8-22)23-10-9-21(3)13-16(23)18(25)24(19)11-12-28-4/h16H,5-13H2,1-4H3/t16-/m1/s1. The zero-order valence-electron chi connectivity index (χ0n) is 18.1. The van der Waals surface area contributed by atoms with Crippen molar-refractivity contribution in [1.82, 2.24) is 24.2 Å². The van der Waals surface area contributed by atoms with Gasteiger partial charge in [0.25, 0.3) is 0 Å². The molecule has 168 valence electrons. The highest BCUT2D eigenvalue weighted by molar-refractivity contribution is 7.89. The number of ether oxygens (including phenoxy) is 1. The van der Waals surface area contributed by atoms with E-state index in [9.17, 15) is 13.2 Å². The Morgan fingerprint density at radius 1 is 1.20 bits per heavy atom. The Hall–Kier alpha value is -1.53. The van der Waals surface area contributed by atoms with Gasteiger partial charge in [-0.05, 0) is 33.7 Å². The fourth-order valence-corrected chi connectivity index (χ4v) is 7.02. The van der Waals surface area contributed by atoms with Gasteiger partial charge < -0.3 is 19.1 Å². The van der Waals surface area contributed by atoms with Crippen LogP contribution < -0.4 is 0 Å². The number of aryl methyl sites for hydroxylation is 2. The second kappa shape index (κ2) is 7.86. The topological polar surface area (TPSA) is 99.4 Å². The minimum absolute atomic E-state index is 0.126. The SMILES string of the molecule is COCCN1C(=O)[C@H]2CN(C)CCN2C12CCN(S(=O)(=O)c1c(C)noc1C)CC2. The Morgan fingerprint density at radius 2 is 1.90 bits per heavy atom. The van der Waals surface area contributed by atoms with Crippen molar-refractivity contribution >= 4 is 15.9 Å². The predicted octanol–water partition coefficient (Wildman–Crippen LogP) is -0.123. The smallest absolute Gasteiger partial charge is 0.248 e. The minimum atomic E-state index is -3.69. The number of piperazine rings is 1. The minimum Gasteiger partial charge on any atom is -0.383 e.